The summed E-state index contributed by atoms with van der Waals surface area (Å²) < 4.78 is 30.5. The van der Waals surface area contributed by atoms with Gasteiger partial charge < -0.3 is 15.4 Å². The van der Waals surface area contributed by atoms with Crippen LogP contribution in [-0.2, 0) is 10.0 Å². The zero-order valence-electron chi connectivity index (χ0n) is 11.8. The van der Waals surface area contributed by atoms with Crippen LogP contribution in [-0.4, -0.2) is 59.0 Å². The van der Waals surface area contributed by atoms with Crippen molar-refractivity contribution in [2.45, 2.75) is 4.90 Å². The van der Waals surface area contributed by atoms with Gasteiger partial charge in [-0.25, -0.2) is 12.7 Å². The Morgan fingerprint density at radius 2 is 1.84 bits per heavy atom. The molecule has 6 nitrogen and oxygen atoms in total. The second-order valence-corrected chi connectivity index (χ2v) is 6.79. The predicted molar refractivity (Wildman–Crippen MR) is 75.8 cm³/mol. The minimum Gasteiger partial charge on any atom is -0.490 e. The van der Waals surface area contributed by atoms with Crippen molar-refractivity contribution < 1.29 is 13.2 Å². The lowest BCUT2D eigenvalue weighted by molar-refractivity contribution is 0.262. The Kier molecular flexibility index (Phi) is 5.16. The molecule has 0 radical (unpaired) electrons. The molecule has 0 atom stereocenters. The van der Waals surface area contributed by atoms with E-state index in [1.54, 1.807) is 6.07 Å². The molecular formula is C12H21N3O3S. The summed E-state index contributed by atoms with van der Waals surface area (Å²) in [6.45, 7) is 1.26. The Balaban J connectivity index is 2.86. The van der Waals surface area contributed by atoms with Crippen molar-refractivity contribution in [3.8, 4) is 5.75 Å². The maximum Gasteiger partial charge on any atom is 0.242 e. The molecule has 0 aromatic heterocycles. The Bertz CT molecular complexity index is 527. The molecule has 1 rings (SSSR count). The number of rotatable bonds is 6. The lowest BCUT2D eigenvalue weighted by Gasteiger charge is -2.15. The van der Waals surface area contributed by atoms with Crippen molar-refractivity contribution in [2.75, 3.05) is 47.1 Å². The first-order chi connectivity index (χ1) is 8.75. The molecule has 0 bridgehead atoms. The average Bonchev–Trinajstić information content (AvgIpc) is 2.30. The van der Waals surface area contributed by atoms with Crippen molar-refractivity contribution in [1.82, 2.24) is 9.21 Å². The molecule has 0 amide bonds. The molecule has 0 heterocycles. The van der Waals surface area contributed by atoms with Crippen LogP contribution in [0.4, 0.5) is 5.69 Å². The van der Waals surface area contributed by atoms with E-state index >= 15 is 0 Å². The van der Waals surface area contributed by atoms with Crippen molar-refractivity contribution in [1.29, 1.82) is 0 Å². The molecule has 0 aliphatic carbocycles. The van der Waals surface area contributed by atoms with Crippen LogP contribution in [0.25, 0.3) is 0 Å². The first-order valence-corrected chi connectivity index (χ1v) is 7.28. The molecule has 0 aliphatic heterocycles. The van der Waals surface area contributed by atoms with Crippen molar-refractivity contribution in [3.05, 3.63) is 18.2 Å². The van der Waals surface area contributed by atoms with Crippen LogP contribution >= 0.6 is 0 Å². The van der Waals surface area contributed by atoms with Gasteiger partial charge in [0.2, 0.25) is 10.0 Å². The highest BCUT2D eigenvalue weighted by atomic mass is 32.2. The summed E-state index contributed by atoms with van der Waals surface area (Å²) in [5, 5.41) is 0. The van der Waals surface area contributed by atoms with Gasteiger partial charge in [-0.1, -0.05) is 0 Å². The smallest absolute Gasteiger partial charge is 0.242 e. The summed E-state index contributed by atoms with van der Waals surface area (Å²) in [5.74, 6) is 0.500. The maximum atomic E-state index is 11.9. The fourth-order valence-electron chi connectivity index (χ4n) is 1.37. The van der Waals surface area contributed by atoms with E-state index in [-0.39, 0.29) is 4.90 Å². The Morgan fingerprint density at radius 3 is 2.32 bits per heavy atom. The van der Waals surface area contributed by atoms with Gasteiger partial charge in [0.25, 0.3) is 0 Å². The van der Waals surface area contributed by atoms with Crippen LogP contribution in [0.2, 0.25) is 0 Å². The van der Waals surface area contributed by atoms with E-state index in [2.05, 4.69) is 0 Å². The standard InChI is InChI=1S/C12H21N3O3S/c1-14(2)7-8-18-12-6-5-10(9-11(12)13)19(16,17)15(3)4/h5-6,9H,7-8,13H2,1-4H3. The van der Waals surface area contributed by atoms with E-state index in [1.165, 1.54) is 26.2 Å². The molecule has 0 spiro atoms. The summed E-state index contributed by atoms with van der Waals surface area (Å²) in [6, 6.07) is 4.50. The van der Waals surface area contributed by atoms with Gasteiger partial charge in [0.15, 0.2) is 0 Å². The molecule has 7 heteroatoms. The predicted octanol–water partition coefficient (Wildman–Crippen LogP) is 0.460. The van der Waals surface area contributed by atoms with Gasteiger partial charge in [-0.3, -0.25) is 0 Å². The molecule has 19 heavy (non-hydrogen) atoms. The third kappa shape index (κ3) is 4.09. The minimum absolute atomic E-state index is 0.162. The second kappa shape index (κ2) is 6.23. The first-order valence-electron chi connectivity index (χ1n) is 5.84. The number of nitrogen functional groups attached to an aromatic ring is 1. The highest BCUT2D eigenvalue weighted by molar-refractivity contribution is 7.89. The zero-order chi connectivity index (χ0) is 14.6. The van der Waals surface area contributed by atoms with E-state index in [0.29, 0.717) is 18.0 Å². The number of likely N-dealkylation sites (N-methyl/N-ethyl adjacent to an activating group) is 1. The summed E-state index contributed by atoms with van der Waals surface area (Å²) >= 11 is 0. The highest BCUT2D eigenvalue weighted by Gasteiger charge is 2.18. The SMILES string of the molecule is CN(C)CCOc1ccc(S(=O)(=O)N(C)C)cc1N. The largest absolute Gasteiger partial charge is 0.490 e. The number of hydrogen-bond acceptors (Lipinski definition) is 5. The van der Waals surface area contributed by atoms with Crippen molar-refractivity contribution >= 4 is 15.7 Å². The summed E-state index contributed by atoms with van der Waals surface area (Å²) in [6.07, 6.45) is 0. The highest BCUT2D eigenvalue weighted by Crippen LogP contribution is 2.25. The lowest BCUT2D eigenvalue weighted by atomic mass is 10.3. The first kappa shape index (κ1) is 15.7. The summed E-state index contributed by atoms with van der Waals surface area (Å²) in [5.41, 5.74) is 6.13. The van der Waals surface area contributed by atoms with E-state index in [1.807, 2.05) is 19.0 Å². The Morgan fingerprint density at radius 1 is 1.21 bits per heavy atom. The normalized spacial score (nSPS) is 12.1. The number of anilines is 1. The van der Waals surface area contributed by atoms with Crippen LogP contribution in [0.5, 0.6) is 5.75 Å². The number of sulfonamides is 1. The third-order valence-corrected chi connectivity index (χ3v) is 4.37. The number of nitrogens with zero attached hydrogens (tertiary/aromatic N) is 2. The van der Waals surface area contributed by atoms with Gasteiger partial charge in [-0.2, -0.15) is 0 Å². The minimum atomic E-state index is -3.46. The van der Waals surface area contributed by atoms with Gasteiger partial charge in [0.05, 0.1) is 10.6 Å². The molecule has 1 aromatic rings. The summed E-state index contributed by atoms with van der Waals surface area (Å²) in [4.78, 5) is 2.15. The number of ether oxygens (including phenoxy) is 1. The number of benzene rings is 1. The van der Waals surface area contributed by atoms with E-state index in [0.717, 1.165) is 10.8 Å². The fourth-order valence-corrected chi connectivity index (χ4v) is 2.30. The van der Waals surface area contributed by atoms with Crippen molar-refractivity contribution in [2.24, 2.45) is 0 Å². The quantitative estimate of drug-likeness (QED) is 0.769. The van der Waals surface area contributed by atoms with Crippen LogP contribution in [0.15, 0.2) is 23.1 Å². The van der Waals surface area contributed by atoms with Gasteiger partial charge >= 0.3 is 0 Å². The molecule has 108 valence electrons. The number of hydrogen-bond donors (Lipinski definition) is 1. The molecule has 0 aliphatic rings. The average molecular weight is 287 g/mol. The van der Waals surface area contributed by atoms with Crippen LogP contribution in [0.1, 0.15) is 0 Å². The van der Waals surface area contributed by atoms with Gasteiger partial charge in [-0.15, -0.1) is 0 Å². The Hall–Kier alpha value is -1.31. The molecular weight excluding hydrogens is 266 g/mol. The fraction of sp³-hybridized carbons (Fsp3) is 0.500. The zero-order valence-corrected chi connectivity index (χ0v) is 12.6. The number of nitrogens with two attached hydrogens (primary N) is 1. The molecule has 0 unspecified atom stereocenters. The third-order valence-electron chi connectivity index (χ3n) is 2.56. The van der Waals surface area contributed by atoms with Crippen LogP contribution < -0.4 is 10.5 Å². The van der Waals surface area contributed by atoms with E-state index in [9.17, 15) is 8.42 Å². The van der Waals surface area contributed by atoms with E-state index < -0.39 is 10.0 Å². The van der Waals surface area contributed by atoms with Crippen LogP contribution in [0, 0.1) is 0 Å². The van der Waals surface area contributed by atoms with Gasteiger partial charge in [-0.05, 0) is 32.3 Å². The molecule has 0 saturated carbocycles. The van der Waals surface area contributed by atoms with Gasteiger partial charge in [0.1, 0.15) is 12.4 Å². The summed E-state index contributed by atoms with van der Waals surface area (Å²) in [7, 11) is 3.39. The molecule has 0 saturated heterocycles. The molecule has 0 fully saturated rings. The maximum absolute atomic E-state index is 11.9. The second-order valence-electron chi connectivity index (χ2n) is 4.64. The van der Waals surface area contributed by atoms with Crippen molar-refractivity contribution in [3.63, 3.8) is 0 Å². The Labute approximate surface area is 114 Å². The van der Waals surface area contributed by atoms with Gasteiger partial charge in [0, 0.05) is 20.6 Å². The lowest BCUT2D eigenvalue weighted by Crippen LogP contribution is -2.22. The van der Waals surface area contributed by atoms with Crippen LogP contribution in [0.3, 0.4) is 0 Å². The van der Waals surface area contributed by atoms with E-state index in [4.69, 9.17) is 10.5 Å². The monoisotopic (exact) mass is 287 g/mol. The molecule has 1 aromatic carbocycles. The molecule has 2 N–H and O–H groups in total. The topological polar surface area (TPSA) is 75.9 Å².